The van der Waals surface area contributed by atoms with Crippen molar-refractivity contribution in [2.75, 3.05) is 5.32 Å². The molecule has 128 valence electrons. The number of hydrogen-bond acceptors (Lipinski definition) is 6. The Morgan fingerprint density at radius 3 is 2.56 bits per heavy atom. The molecule has 1 aromatic heterocycles. The Kier molecular flexibility index (Phi) is 4.27. The number of esters is 1. The minimum Gasteiger partial charge on any atom is -0.453 e. The van der Waals surface area contributed by atoms with Crippen molar-refractivity contribution in [1.82, 2.24) is 9.97 Å². The van der Waals surface area contributed by atoms with Gasteiger partial charge in [-0.2, -0.15) is 14.6 Å². The summed E-state index contributed by atoms with van der Waals surface area (Å²) in [6.07, 6.45) is -7.24. The van der Waals surface area contributed by atoms with E-state index in [1.54, 1.807) is 0 Å². The van der Waals surface area contributed by atoms with Crippen molar-refractivity contribution in [2.24, 2.45) is 0 Å². The first-order valence-corrected chi connectivity index (χ1v) is 7.20. The molecule has 0 bridgehead atoms. The molecule has 0 radical (unpaired) electrons. The molecule has 9 heteroatoms. The van der Waals surface area contributed by atoms with Gasteiger partial charge in [-0.1, -0.05) is 0 Å². The Hall–Kier alpha value is -3.15. The number of nitrogens with zero attached hydrogens (tertiary/aromatic N) is 3. The zero-order valence-corrected chi connectivity index (χ0v) is 12.8. The summed E-state index contributed by atoms with van der Waals surface area (Å²) < 4.78 is 47.0. The van der Waals surface area contributed by atoms with E-state index in [1.807, 2.05) is 6.07 Å². The lowest BCUT2D eigenvalue weighted by Gasteiger charge is -2.13. The van der Waals surface area contributed by atoms with Crippen molar-refractivity contribution in [1.29, 1.82) is 5.26 Å². The van der Waals surface area contributed by atoms with Gasteiger partial charge in [0.25, 0.3) is 0 Å². The van der Waals surface area contributed by atoms with E-state index >= 15 is 0 Å². The number of carbonyl (C=O) groups is 1. The van der Waals surface area contributed by atoms with E-state index in [9.17, 15) is 18.0 Å². The maximum atomic E-state index is 14.4. The average molecular weight is 348 g/mol. The number of alkyl halides is 2. The van der Waals surface area contributed by atoms with Crippen molar-refractivity contribution < 1.29 is 22.7 Å². The molecule has 1 aliphatic carbocycles. The molecule has 0 saturated carbocycles. The predicted octanol–water partition coefficient (Wildman–Crippen LogP) is 3.20. The second-order valence-electron chi connectivity index (χ2n) is 5.33. The molecule has 25 heavy (non-hydrogen) atoms. The van der Waals surface area contributed by atoms with Crippen LogP contribution < -0.4 is 5.32 Å². The highest BCUT2D eigenvalue weighted by molar-refractivity contribution is 5.67. The molecule has 3 rings (SSSR count). The average Bonchev–Trinajstić information content (AvgIpc) is 2.80. The zero-order chi connectivity index (χ0) is 18.1. The van der Waals surface area contributed by atoms with Crippen LogP contribution in [0, 0.1) is 17.4 Å². The smallest absolute Gasteiger partial charge is 0.310 e. The largest absolute Gasteiger partial charge is 0.453 e. The lowest BCUT2D eigenvalue weighted by Crippen LogP contribution is -2.17. The summed E-state index contributed by atoms with van der Waals surface area (Å²) in [5, 5.41) is 11.4. The van der Waals surface area contributed by atoms with Crippen molar-refractivity contribution in [3.05, 3.63) is 47.2 Å². The topological polar surface area (TPSA) is 87.9 Å². The first kappa shape index (κ1) is 16.7. The summed E-state index contributed by atoms with van der Waals surface area (Å²) in [6.45, 7) is 1.03. The van der Waals surface area contributed by atoms with Gasteiger partial charge in [-0.05, 0) is 24.3 Å². The Labute approximate surface area is 140 Å². The number of nitriles is 1. The van der Waals surface area contributed by atoms with Gasteiger partial charge < -0.3 is 10.1 Å². The normalized spacial score (nSPS) is 21.3. The summed E-state index contributed by atoms with van der Waals surface area (Å²) in [7, 11) is 0. The van der Waals surface area contributed by atoms with Crippen LogP contribution in [0.1, 0.15) is 36.0 Å². The zero-order valence-electron chi connectivity index (χ0n) is 12.8. The molecule has 1 aliphatic rings. The Morgan fingerprint density at radius 1 is 1.28 bits per heavy atom. The highest BCUT2D eigenvalue weighted by Crippen LogP contribution is 2.47. The maximum Gasteiger partial charge on any atom is 0.310 e. The third-order valence-corrected chi connectivity index (χ3v) is 3.63. The van der Waals surface area contributed by atoms with Gasteiger partial charge >= 0.3 is 12.0 Å². The van der Waals surface area contributed by atoms with E-state index in [2.05, 4.69) is 15.3 Å². The van der Waals surface area contributed by atoms with E-state index in [0.29, 0.717) is 11.3 Å². The third kappa shape index (κ3) is 3.10. The maximum absolute atomic E-state index is 14.4. The summed E-state index contributed by atoms with van der Waals surface area (Å²) in [4.78, 5) is 18.0. The van der Waals surface area contributed by atoms with Crippen LogP contribution in [0.2, 0.25) is 0 Å². The molecule has 6 nitrogen and oxygen atoms in total. The first-order chi connectivity index (χ1) is 11.9. The lowest BCUT2D eigenvalue weighted by molar-refractivity contribution is -0.151. The summed E-state index contributed by atoms with van der Waals surface area (Å²) >= 11 is 0. The van der Waals surface area contributed by atoms with Crippen LogP contribution in [0.3, 0.4) is 0 Å². The first-order valence-electron chi connectivity index (χ1n) is 7.20. The van der Waals surface area contributed by atoms with E-state index in [0.717, 1.165) is 6.92 Å². The fraction of sp³-hybridized carbons (Fsp3) is 0.250. The molecule has 2 aromatic rings. The van der Waals surface area contributed by atoms with Crippen LogP contribution in [-0.4, -0.2) is 22.1 Å². The standard InChI is InChI=1S/C16H11F3N4O2/c1-7(24)25-14-12(18)11(17)10-13(14)22-16(19)23-15(10)21-9-4-2-8(6-20)3-5-9/h2-5,11-12,14H,1H3,(H,21,22,23). The Bertz CT molecular complexity index is 867. The van der Waals surface area contributed by atoms with Gasteiger partial charge in [0.05, 0.1) is 22.9 Å². The van der Waals surface area contributed by atoms with Crippen LogP contribution in [0.15, 0.2) is 24.3 Å². The summed E-state index contributed by atoms with van der Waals surface area (Å²) in [5.41, 5.74) is 0.132. The van der Waals surface area contributed by atoms with Crippen molar-refractivity contribution >= 4 is 17.5 Å². The van der Waals surface area contributed by atoms with Crippen LogP contribution >= 0.6 is 0 Å². The van der Waals surface area contributed by atoms with Gasteiger partial charge in [-0.3, -0.25) is 4.79 Å². The molecule has 0 saturated heterocycles. The molecule has 0 amide bonds. The monoisotopic (exact) mass is 348 g/mol. The fourth-order valence-electron chi connectivity index (χ4n) is 2.57. The second-order valence-corrected chi connectivity index (χ2v) is 5.33. The number of fused-ring (bicyclic) bond motifs is 1. The van der Waals surface area contributed by atoms with Crippen LogP contribution in [0.5, 0.6) is 0 Å². The van der Waals surface area contributed by atoms with Crippen LogP contribution in [0.25, 0.3) is 0 Å². The van der Waals surface area contributed by atoms with Gasteiger partial charge in [0, 0.05) is 12.6 Å². The number of anilines is 2. The summed E-state index contributed by atoms with van der Waals surface area (Å²) in [5.74, 6) is -1.11. The third-order valence-electron chi connectivity index (χ3n) is 3.63. The van der Waals surface area contributed by atoms with Crippen molar-refractivity contribution in [3.8, 4) is 6.07 Å². The van der Waals surface area contributed by atoms with Gasteiger partial charge in [-0.25, -0.2) is 13.8 Å². The quantitative estimate of drug-likeness (QED) is 0.677. The number of hydrogen-bond donors (Lipinski definition) is 1. The number of aromatic nitrogens is 2. The van der Waals surface area contributed by atoms with Crippen molar-refractivity contribution in [2.45, 2.75) is 25.4 Å². The van der Waals surface area contributed by atoms with E-state index in [4.69, 9.17) is 10.00 Å². The molecule has 0 spiro atoms. The molecule has 0 fully saturated rings. The van der Waals surface area contributed by atoms with E-state index in [1.165, 1.54) is 24.3 Å². The van der Waals surface area contributed by atoms with Gasteiger partial charge in [0.1, 0.15) is 5.82 Å². The second kappa shape index (κ2) is 6.39. The molecule has 0 aliphatic heterocycles. The van der Waals surface area contributed by atoms with Crippen LogP contribution in [-0.2, 0) is 9.53 Å². The van der Waals surface area contributed by atoms with Gasteiger partial charge in [-0.15, -0.1) is 0 Å². The number of carbonyl (C=O) groups excluding carboxylic acids is 1. The Balaban J connectivity index is 2.01. The van der Waals surface area contributed by atoms with Gasteiger partial charge in [0.15, 0.2) is 18.4 Å². The molecule has 3 unspecified atom stereocenters. The highest BCUT2D eigenvalue weighted by atomic mass is 19.2. The van der Waals surface area contributed by atoms with Crippen LogP contribution in [0.4, 0.5) is 24.7 Å². The minimum absolute atomic E-state index is 0.267. The lowest BCUT2D eigenvalue weighted by atomic mass is 10.2. The molecule has 1 N–H and O–H groups in total. The molecule has 1 heterocycles. The summed E-state index contributed by atoms with van der Waals surface area (Å²) in [6, 6.07) is 7.93. The fourth-order valence-corrected chi connectivity index (χ4v) is 2.57. The number of benzene rings is 1. The number of nitrogens with one attached hydrogen (secondary N) is 1. The SMILES string of the molecule is CC(=O)OC1c2nc(F)nc(Nc3ccc(C#N)cc3)c2C(F)C1F. The number of ether oxygens (including phenoxy) is 1. The Morgan fingerprint density at radius 2 is 1.96 bits per heavy atom. The molecule has 1 aromatic carbocycles. The minimum atomic E-state index is -2.21. The predicted molar refractivity (Wildman–Crippen MR) is 79.7 cm³/mol. The number of rotatable bonds is 3. The molecule has 3 atom stereocenters. The molecular weight excluding hydrogens is 337 g/mol. The van der Waals surface area contributed by atoms with E-state index < -0.39 is 30.5 Å². The molecular formula is C16H11F3N4O2. The van der Waals surface area contributed by atoms with Gasteiger partial charge in [0.2, 0.25) is 0 Å². The number of halogens is 3. The van der Waals surface area contributed by atoms with E-state index in [-0.39, 0.29) is 17.1 Å². The highest BCUT2D eigenvalue weighted by Gasteiger charge is 2.47. The van der Waals surface area contributed by atoms with Crippen molar-refractivity contribution in [3.63, 3.8) is 0 Å².